The third-order valence-electron chi connectivity index (χ3n) is 4.37. The summed E-state index contributed by atoms with van der Waals surface area (Å²) in [6.07, 6.45) is 2.41. The average molecular weight is 518 g/mol. The molecule has 2 aromatic heterocycles. The molecule has 2 N–H and O–H groups in total. The number of nitrogens with one attached hydrogen (secondary N) is 2. The molecule has 0 saturated carbocycles. The zero-order valence-corrected chi connectivity index (χ0v) is 19.5. The zero-order chi connectivity index (χ0) is 19.4. The molecule has 0 amide bonds. The molecule has 154 valence electrons. The molecule has 0 aromatic carbocycles. The number of pyridine rings is 1. The number of aliphatic imine (C=N–C) groups is 1. The summed E-state index contributed by atoms with van der Waals surface area (Å²) in [5.41, 5.74) is 2.96. The molecule has 0 radical (unpaired) electrons. The van der Waals surface area contributed by atoms with Crippen LogP contribution in [-0.2, 0) is 16.4 Å². The van der Waals surface area contributed by atoms with E-state index in [1.807, 2.05) is 43.7 Å². The Labute approximate surface area is 183 Å². The normalized spacial score (nSPS) is 18.5. The number of rotatable bonds is 5. The highest BCUT2D eigenvalue weighted by atomic mass is 127. The van der Waals surface area contributed by atoms with Crippen molar-refractivity contribution in [3.05, 3.63) is 41.3 Å². The first-order valence-corrected chi connectivity index (χ1v) is 10.9. The van der Waals surface area contributed by atoms with Crippen LogP contribution in [0.4, 0.5) is 0 Å². The van der Waals surface area contributed by atoms with E-state index in [0.29, 0.717) is 25.5 Å². The Hall–Kier alpha value is -1.69. The SMILES string of the molecule is CCNC(=NCc1ccc(-n2nc(C)cc2C)nc1)NC1CCS(=O)(=O)C1.I. The van der Waals surface area contributed by atoms with Crippen LogP contribution in [0.2, 0.25) is 0 Å². The molecule has 10 heteroatoms. The molecular formula is C18H27IN6O2S. The van der Waals surface area contributed by atoms with Crippen LogP contribution in [0.3, 0.4) is 0 Å². The molecule has 28 heavy (non-hydrogen) atoms. The molecule has 1 atom stereocenters. The number of guanidine groups is 1. The third kappa shape index (κ3) is 5.90. The topological polar surface area (TPSA) is 101 Å². The Morgan fingerprint density at radius 2 is 2.14 bits per heavy atom. The maximum absolute atomic E-state index is 11.6. The molecular weight excluding hydrogens is 491 g/mol. The van der Waals surface area contributed by atoms with E-state index in [4.69, 9.17) is 0 Å². The molecule has 0 aliphatic carbocycles. The molecule has 2 aromatic rings. The van der Waals surface area contributed by atoms with Crippen molar-refractivity contribution in [2.75, 3.05) is 18.1 Å². The first-order chi connectivity index (χ1) is 12.9. The van der Waals surface area contributed by atoms with Crippen molar-refractivity contribution in [3.8, 4) is 5.82 Å². The number of nitrogens with zero attached hydrogens (tertiary/aromatic N) is 4. The van der Waals surface area contributed by atoms with E-state index in [1.54, 1.807) is 6.20 Å². The molecule has 1 fully saturated rings. The summed E-state index contributed by atoms with van der Waals surface area (Å²) in [7, 11) is -2.92. The fraction of sp³-hybridized carbons (Fsp3) is 0.500. The minimum absolute atomic E-state index is 0. The summed E-state index contributed by atoms with van der Waals surface area (Å²) >= 11 is 0. The van der Waals surface area contributed by atoms with Crippen LogP contribution in [0.15, 0.2) is 29.4 Å². The lowest BCUT2D eigenvalue weighted by Gasteiger charge is -2.15. The summed E-state index contributed by atoms with van der Waals surface area (Å²) < 4.78 is 25.1. The summed E-state index contributed by atoms with van der Waals surface area (Å²) in [5.74, 6) is 1.80. The lowest BCUT2D eigenvalue weighted by atomic mass is 10.2. The fourth-order valence-electron chi connectivity index (χ4n) is 3.09. The largest absolute Gasteiger partial charge is 0.357 e. The second kappa shape index (κ2) is 9.68. The number of sulfone groups is 1. The second-order valence-corrected chi connectivity index (χ2v) is 9.03. The summed E-state index contributed by atoms with van der Waals surface area (Å²) in [4.78, 5) is 9.04. The van der Waals surface area contributed by atoms with Gasteiger partial charge in [-0.1, -0.05) is 6.07 Å². The van der Waals surface area contributed by atoms with E-state index < -0.39 is 9.84 Å². The predicted octanol–water partition coefficient (Wildman–Crippen LogP) is 1.74. The summed E-state index contributed by atoms with van der Waals surface area (Å²) in [6.45, 7) is 7.10. The molecule has 1 saturated heterocycles. The average Bonchev–Trinajstić information content (AvgIpc) is 3.14. The Morgan fingerprint density at radius 3 is 2.68 bits per heavy atom. The number of halogens is 1. The van der Waals surface area contributed by atoms with Crippen LogP contribution in [-0.4, -0.2) is 53.2 Å². The van der Waals surface area contributed by atoms with Gasteiger partial charge in [-0.15, -0.1) is 24.0 Å². The van der Waals surface area contributed by atoms with E-state index in [1.165, 1.54) is 0 Å². The summed E-state index contributed by atoms with van der Waals surface area (Å²) in [6, 6.07) is 5.83. The number of hydrogen-bond donors (Lipinski definition) is 2. The van der Waals surface area contributed by atoms with Gasteiger partial charge in [-0.3, -0.25) is 0 Å². The second-order valence-electron chi connectivity index (χ2n) is 6.80. The van der Waals surface area contributed by atoms with Crippen molar-refractivity contribution in [1.29, 1.82) is 0 Å². The van der Waals surface area contributed by atoms with Crippen molar-refractivity contribution < 1.29 is 8.42 Å². The standard InChI is InChI=1S/C18H26N6O2S.HI/c1-4-19-18(22-16-7-8-27(25,26)12-16)21-11-15-5-6-17(20-10-15)24-14(3)9-13(2)23-24;/h5-6,9-10,16H,4,7-8,11-12H2,1-3H3,(H2,19,21,22);1H. The molecule has 1 unspecified atom stereocenters. The lowest BCUT2D eigenvalue weighted by Crippen LogP contribution is -2.44. The van der Waals surface area contributed by atoms with E-state index in [2.05, 4.69) is 25.7 Å². The monoisotopic (exact) mass is 518 g/mol. The Balaban J connectivity index is 0.00000280. The van der Waals surface area contributed by atoms with Gasteiger partial charge in [0, 0.05) is 24.5 Å². The van der Waals surface area contributed by atoms with Gasteiger partial charge in [-0.2, -0.15) is 5.10 Å². The minimum atomic E-state index is -2.92. The smallest absolute Gasteiger partial charge is 0.191 e. The maximum Gasteiger partial charge on any atom is 0.191 e. The first-order valence-electron chi connectivity index (χ1n) is 9.10. The Kier molecular flexibility index (Phi) is 7.81. The summed E-state index contributed by atoms with van der Waals surface area (Å²) in [5, 5.41) is 10.8. The van der Waals surface area contributed by atoms with Crippen LogP contribution >= 0.6 is 24.0 Å². The number of aryl methyl sites for hydroxylation is 2. The lowest BCUT2D eigenvalue weighted by molar-refractivity contribution is 0.599. The van der Waals surface area contributed by atoms with Gasteiger partial charge in [0.2, 0.25) is 0 Å². The van der Waals surface area contributed by atoms with Crippen molar-refractivity contribution in [3.63, 3.8) is 0 Å². The fourth-order valence-corrected chi connectivity index (χ4v) is 4.76. The van der Waals surface area contributed by atoms with Crippen molar-refractivity contribution in [2.24, 2.45) is 4.99 Å². The van der Waals surface area contributed by atoms with Gasteiger partial charge in [0.25, 0.3) is 0 Å². The highest BCUT2D eigenvalue weighted by Crippen LogP contribution is 2.12. The first kappa shape index (κ1) is 22.6. The third-order valence-corrected chi connectivity index (χ3v) is 6.14. The van der Waals surface area contributed by atoms with Gasteiger partial charge in [0.15, 0.2) is 21.6 Å². The highest BCUT2D eigenvalue weighted by molar-refractivity contribution is 14.0. The minimum Gasteiger partial charge on any atom is -0.357 e. The highest BCUT2D eigenvalue weighted by Gasteiger charge is 2.28. The van der Waals surface area contributed by atoms with Gasteiger partial charge in [0.05, 0.1) is 23.7 Å². The van der Waals surface area contributed by atoms with Crippen molar-refractivity contribution in [1.82, 2.24) is 25.4 Å². The molecule has 3 heterocycles. The van der Waals surface area contributed by atoms with Gasteiger partial charge in [0.1, 0.15) is 0 Å². The number of aromatic nitrogens is 3. The Bertz CT molecular complexity index is 924. The predicted molar refractivity (Wildman–Crippen MR) is 121 cm³/mol. The van der Waals surface area contributed by atoms with Crippen LogP contribution in [0.25, 0.3) is 5.82 Å². The molecule has 8 nitrogen and oxygen atoms in total. The van der Waals surface area contributed by atoms with Gasteiger partial charge in [-0.25, -0.2) is 23.1 Å². The van der Waals surface area contributed by atoms with Crippen LogP contribution < -0.4 is 10.6 Å². The van der Waals surface area contributed by atoms with E-state index in [9.17, 15) is 8.42 Å². The van der Waals surface area contributed by atoms with Gasteiger partial charge in [-0.05, 0) is 44.9 Å². The maximum atomic E-state index is 11.6. The molecule has 3 rings (SSSR count). The van der Waals surface area contributed by atoms with Crippen LogP contribution in [0.5, 0.6) is 0 Å². The van der Waals surface area contributed by atoms with Crippen LogP contribution in [0, 0.1) is 13.8 Å². The number of hydrogen-bond acceptors (Lipinski definition) is 5. The Morgan fingerprint density at radius 1 is 1.36 bits per heavy atom. The van der Waals surface area contributed by atoms with E-state index >= 15 is 0 Å². The zero-order valence-electron chi connectivity index (χ0n) is 16.3. The van der Waals surface area contributed by atoms with Crippen LogP contribution in [0.1, 0.15) is 30.3 Å². The van der Waals surface area contributed by atoms with Crippen molar-refractivity contribution >= 4 is 39.8 Å². The van der Waals surface area contributed by atoms with E-state index in [0.717, 1.165) is 22.8 Å². The van der Waals surface area contributed by atoms with Gasteiger partial charge >= 0.3 is 0 Å². The molecule has 1 aliphatic heterocycles. The van der Waals surface area contributed by atoms with Crippen molar-refractivity contribution in [2.45, 2.75) is 39.8 Å². The molecule has 0 spiro atoms. The van der Waals surface area contributed by atoms with Gasteiger partial charge < -0.3 is 10.6 Å². The quantitative estimate of drug-likeness (QED) is 0.356. The molecule has 1 aliphatic rings. The van der Waals surface area contributed by atoms with E-state index in [-0.39, 0.29) is 41.5 Å². The molecule has 0 bridgehead atoms.